The lowest BCUT2D eigenvalue weighted by molar-refractivity contribution is 0.0299. The van der Waals surface area contributed by atoms with Crippen LogP contribution in [0.25, 0.3) is 10.9 Å². The van der Waals surface area contributed by atoms with Gasteiger partial charge in [0.1, 0.15) is 11.5 Å². The van der Waals surface area contributed by atoms with Crippen molar-refractivity contribution in [3.05, 3.63) is 94.1 Å². The molecule has 1 fully saturated rings. The molecule has 0 unspecified atom stereocenters. The lowest BCUT2D eigenvalue weighted by Crippen LogP contribution is -2.41. The van der Waals surface area contributed by atoms with Gasteiger partial charge in [-0.15, -0.1) is 12.4 Å². The van der Waals surface area contributed by atoms with E-state index in [2.05, 4.69) is 47.6 Å². The molecular formula is C30H32ClFN4O2. The monoisotopic (exact) mass is 534 g/mol. The van der Waals surface area contributed by atoms with Gasteiger partial charge in [-0.05, 0) is 60.7 Å². The van der Waals surface area contributed by atoms with Crippen LogP contribution < -0.4 is 4.90 Å². The maximum atomic E-state index is 14.0. The molecule has 6 rings (SSSR count). The van der Waals surface area contributed by atoms with Gasteiger partial charge in [0.05, 0.1) is 18.7 Å². The molecule has 4 heterocycles. The van der Waals surface area contributed by atoms with Crippen LogP contribution in [0.5, 0.6) is 0 Å². The molecule has 38 heavy (non-hydrogen) atoms. The third-order valence-corrected chi connectivity index (χ3v) is 7.77. The molecule has 1 amide bonds. The number of halogens is 2. The Kier molecular flexibility index (Phi) is 7.41. The largest absolute Gasteiger partial charge is 0.378 e. The van der Waals surface area contributed by atoms with Crippen LogP contribution >= 0.6 is 12.4 Å². The topological polar surface area (TPSA) is 50.6 Å². The van der Waals surface area contributed by atoms with E-state index in [0.29, 0.717) is 38.5 Å². The Labute approximate surface area is 228 Å². The van der Waals surface area contributed by atoms with Crippen LogP contribution in [0.15, 0.2) is 54.6 Å². The first kappa shape index (κ1) is 26.2. The van der Waals surface area contributed by atoms with Crippen molar-refractivity contribution in [1.82, 2.24) is 14.5 Å². The average molecular weight is 535 g/mol. The molecule has 6 nitrogen and oxygen atoms in total. The summed E-state index contributed by atoms with van der Waals surface area (Å²) in [5.41, 5.74) is 7.21. The molecule has 2 aliphatic rings. The van der Waals surface area contributed by atoms with E-state index < -0.39 is 0 Å². The Hall–Kier alpha value is -3.42. The van der Waals surface area contributed by atoms with Crippen molar-refractivity contribution in [2.75, 3.05) is 37.7 Å². The number of morpholine rings is 1. The molecule has 2 aliphatic heterocycles. The number of carbonyl (C=O) groups excluding carboxylic acids is 1. The van der Waals surface area contributed by atoms with E-state index >= 15 is 0 Å². The molecule has 0 radical (unpaired) electrons. The van der Waals surface area contributed by atoms with Crippen molar-refractivity contribution < 1.29 is 13.9 Å². The summed E-state index contributed by atoms with van der Waals surface area (Å²) in [4.78, 5) is 22.7. The number of hydrogen-bond acceptors (Lipinski definition) is 4. The number of hydrogen-bond donors (Lipinski definition) is 0. The van der Waals surface area contributed by atoms with E-state index in [1.165, 1.54) is 17.2 Å². The predicted octanol–water partition coefficient (Wildman–Crippen LogP) is 5.30. The molecule has 2 aromatic heterocycles. The van der Waals surface area contributed by atoms with Gasteiger partial charge in [-0.1, -0.05) is 36.4 Å². The molecule has 8 heteroatoms. The van der Waals surface area contributed by atoms with Gasteiger partial charge >= 0.3 is 0 Å². The summed E-state index contributed by atoms with van der Waals surface area (Å²) in [6.07, 6.45) is 0.920. The second-order valence-electron chi connectivity index (χ2n) is 10.00. The van der Waals surface area contributed by atoms with Crippen molar-refractivity contribution in [1.29, 1.82) is 0 Å². The van der Waals surface area contributed by atoms with E-state index in [4.69, 9.17) is 9.72 Å². The SMILES string of the molecule is Cc1c(C)n(Cc2cccc(F)c2)c2c(N3CCc4ccccc4C3)nc(C(=O)N3CCOCC3)cc12.Cl. The maximum Gasteiger partial charge on any atom is 0.272 e. The summed E-state index contributed by atoms with van der Waals surface area (Å²) in [6.45, 7) is 8.51. The average Bonchev–Trinajstić information content (AvgIpc) is 3.17. The lowest BCUT2D eigenvalue weighted by atomic mass is 10.00. The first-order chi connectivity index (χ1) is 18.0. The number of rotatable bonds is 4. The van der Waals surface area contributed by atoms with Gasteiger partial charge < -0.3 is 19.1 Å². The van der Waals surface area contributed by atoms with E-state index in [1.54, 1.807) is 12.1 Å². The second kappa shape index (κ2) is 10.8. The molecule has 0 bridgehead atoms. The number of aryl methyl sites for hydroxylation is 1. The third-order valence-electron chi connectivity index (χ3n) is 7.77. The molecular weight excluding hydrogens is 503 g/mol. The van der Waals surface area contributed by atoms with Crippen LogP contribution in [0.1, 0.15) is 38.4 Å². The van der Waals surface area contributed by atoms with E-state index in [1.807, 2.05) is 17.0 Å². The minimum Gasteiger partial charge on any atom is -0.378 e. The minimum atomic E-state index is -0.243. The molecule has 0 saturated carbocycles. The molecule has 0 atom stereocenters. The quantitative estimate of drug-likeness (QED) is 0.357. The second-order valence-corrected chi connectivity index (χ2v) is 10.00. The number of pyridine rings is 1. The van der Waals surface area contributed by atoms with E-state index in [9.17, 15) is 9.18 Å². The van der Waals surface area contributed by atoms with Gasteiger partial charge in [-0.25, -0.2) is 9.37 Å². The molecule has 0 N–H and O–H groups in total. The van der Waals surface area contributed by atoms with Crippen LogP contribution in [0.2, 0.25) is 0 Å². The molecule has 0 spiro atoms. The summed E-state index contributed by atoms with van der Waals surface area (Å²) in [7, 11) is 0. The number of ether oxygens (including phenoxy) is 1. The number of amides is 1. The number of anilines is 1. The highest BCUT2D eigenvalue weighted by atomic mass is 35.5. The minimum absolute atomic E-state index is 0. The van der Waals surface area contributed by atoms with Gasteiger partial charge in [-0.2, -0.15) is 0 Å². The highest BCUT2D eigenvalue weighted by molar-refractivity contribution is 6.01. The fourth-order valence-electron chi connectivity index (χ4n) is 5.59. The molecule has 4 aromatic rings. The van der Waals surface area contributed by atoms with Gasteiger partial charge in [-0.3, -0.25) is 4.79 Å². The fourth-order valence-corrected chi connectivity index (χ4v) is 5.59. The number of aromatic nitrogens is 2. The normalized spacial score (nSPS) is 15.3. The number of carbonyl (C=O) groups is 1. The Balaban J connectivity index is 0.00000294. The van der Waals surface area contributed by atoms with Crippen molar-refractivity contribution in [3.8, 4) is 0 Å². The summed E-state index contributed by atoms with van der Waals surface area (Å²) in [6, 6.07) is 17.2. The fraction of sp³-hybridized carbons (Fsp3) is 0.333. The number of nitrogens with zero attached hydrogens (tertiary/aromatic N) is 4. The Morgan fingerprint density at radius 2 is 1.76 bits per heavy atom. The zero-order chi connectivity index (χ0) is 25.5. The first-order valence-electron chi connectivity index (χ1n) is 12.9. The third kappa shape index (κ3) is 4.76. The molecule has 2 aromatic carbocycles. The van der Waals surface area contributed by atoms with Crippen LogP contribution in [-0.4, -0.2) is 53.2 Å². The van der Waals surface area contributed by atoms with Gasteiger partial charge in [0.2, 0.25) is 0 Å². The zero-order valence-electron chi connectivity index (χ0n) is 21.7. The van der Waals surface area contributed by atoms with Gasteiger partial charge in [0.25, 0.3) is 5.91 Å². The van der Waals surface area contributed by atoms with Crippen molar-refractivity contribution >= 4 is 35.0 Å². The maximum absolute atomic E-state index is 14.0. The van der Waals surface area contributed by atoms with Gasteiger partial charge in [0.15, 0.2) is 5.82 Å². The summed E-state index contributed by atoms with van der Waals surface area (Å²) < 4.78 is 21.7. The molecule has 1 saturated heterocycles. The van der Waals surface area contributed by atoms with Crippen molar-refractivity contribution in [2.45, 2.75) is 33.4 Å². The summed E-state index contributed by atoms with van der Waals surface area (Å²) in [5.74, 6) is 0.516. The molecule has 198 valence electrons. The number of fused-ring (bicyclic) bond motifs is 2. The smallest absolute Gasteiger partial charge is 0.272 e. The van der Waals surface area contributed by atoms with Crippen LogP contribution in [0.4, 0.5) is 10.2 Å². The molecule has 0 aliphatic carbocycles. The van der Waals surface area contributed by atoms with E-state index in [0.717, 1.165) is 53.1 Å². The Morgan fingerprint density at radius 3 is 2.53 bits per heavy atom. The predicted molar refractivity (Wildman–Crippen MR) is 150 cm³/mol. The van der Waals surface area contributed by atoms with Gasteiger partial charge in [0, 0.05) is 43.8 Å². The van der Waals surface area contributed by atoms with Crippen LogP contribution in [-0.2, 0) is 24.2 Å². The lowest BCUT2D eigenvalue weighted by Gasteiger charge is -2.31. The van der Waals surface area contributed by atoms with Crippen molar-refractivity contribution in [2.24, 2.45) is 0 Å². The highest BCUT2D eigenvalue weighted by Gasteiger charge is 2.27. The highest BCUT2D eigenvalue weighted by Crippen LogP contribution is 2.35. The van der Waals surface area contributed by atoms with Crippen LogP contribution in [0.3, 0.4) is 0 Å². The van der Waals surface area contributed by atoms with Crippen molar-refractivity contribution in [3.63, 3.8) is 0 Å². The summed E-state index contributed by atoms with van der Waals surface area (Å²) >= 11 is 0. The zero-order valence-corrected chi connectivity index (χ0v) is 22.6. The Bertz CT molecular complexity index is 1500. The first-order valence-corrected chi connectivity index (χ1v) is 12.9. The van der Waals surface area contributed by atoms with Crippen LogP contribution in [0, 0.1) is 19.7 Å². The summed E-state index contributed by atoms with van der Waals surface area (Å²) in [5, 5.41) is 1.02. The van der Waals surface area contributed by atoms with E-state index in [-0.39, 0.29) is 24.1 Å². The standard InChI is InChI=1S/C30H31FN4O2.ClH/c1-20-21(2)35(18-22-6-5-9-25(31)16-22)28-26(20)17-27(30(36)33-12-14-37-15-13-33)32-29(28)34-11-10-23-7-3-4-8-24(23)19-34;/h3-9,16-17H,10-15,18-19H2,1-2H3;1H. The Morgan fingerprint density at radius 1 is 1.00 bits per heavy atom. The number of benzene rings is 2.